The molecule has 51 heavy (non-hydrogen) atoms. The molecule has 260 valence electrons. The summed E-state index contributed by atoms with van der Waals surface area (Å²) in [5.41, 5.74) is 11.4. The van der Waals surface area contributed by atoms with Crippen molar-refractivity contribution >= 4 is 44.0 Å². The van der Waals surface area contributed by atoms with Crippen LogP contribution in [0.25, 0.3) is 33.4 Å². The van der Waals surface area contributed by atoms with Crippen LogP contribution in [-0.4, -0.2) is 58.9 Å². The molecule has 4 aromatic carbocycles. The van der Waals surface area contributed by atoms with E-state index in [-0.39, 0.29) is 29.8 Å². The maximum atomic E-state index is 14.5. The molecule has 10 heteroatoms. The van der Waals surface area contributed by atoms with Gasteiger partial charge in [0, 0.05) is 96.9 Å². The van der Waals surface area contributed by atoms with Crippen LogP contribution in [-0.2, 0) is 14.8 Å². The fourth-order valence-electron chi connectivity index (χ4n) is 6.91. The van der Waals surface area contributed by atoms with Gasteiger partial charge in [-0.1, -0.05) is 54.6 Å². The fourth-order valence-corrected chi connectivity index (χ4v) is 8.58. The van der Waals surface area contributed by atoms with Crippen molar-refractivity contribution in [3.05, 3.63) is 127 Å². The van der Waals surface area contributed by atoms with Crippen LogP contribution in [0.2, 0.25) is 0 Å². The number of anilines is 2. The molecule has 1 amide bonds. The second kappa shape index (κ2) is 14.5. The summed E-state index contributed by atoms with van der Waals surface area (Å²) in [5.74, 6) is 0.320. The number of amides is 1. The standard InChI is InChI=1S/C41H41N5O4S/c1-44(30-11-5-3-6-12-30)32-17-19-34-37(27-32)50-38-28-33(45(2)31-13-7-4-8-14-31)18-20-35(38)40(34)36-15-9-10-16-39(36)51(48,49)46-25-21-29(22-26-46)41(47)43-24-23-42/h3-20,27-29H,21-26,42H2,1-2H3/p+1. The van der Waals surface area contributed by atoms with Gasteiger partial charge in [0.15, 0.2) is 0 Å². The molecule has 1 aliphatic carbocycles. The van der Waals surface area contributed by atoms with Crippen LogP contribution in [0.4, 0.5) is 17.1 Å². The van der Waals surface area contributed by atoms with Gasteiger partial charge >= 0.3 is 0 Å². The molecule has 1 saturated heterocycles. The third kappa shape index (κ3) is 6.78. The van der Waals surface area contributed by atoms with E-state index in [1.54, 1.807) is 12.1 Å². The molecule has 0 atom stereocenters. The van der Waals surface area contributed by atoms with Crippen molar-refractivity contribution in [1.82, 2.24) is 14.2 Å². The van der Waals surface area contributed by atoms with E-state index in [9.17, 15) is 13.2 Å². The Morgan fingerprint density at radius 1 is 0.863 bits per heavy atom. The number of fused-ring (bicyclic) bond motifs is 2. The van der Waals surface area contributed by atoms with E-state index >= 15 is 0 Å². The zero-order valence-electron chi connectivity index (χ0n) is 28.8. The summed E-state index contributed by atoms with van der Waals surface area (Å²) in [6, 6.07) is 39.5. The van der Waals surface area contributed by atoms with Crippen LogP contribution in [0, 0.1) is 5.92 Å². The second-order valence-corrected chi connectivity index (χ2v) is 14.8. The van der Waals surface area contributed by atoms with Crippen LogP contribution in [0.1, 0.15) is 12.8 Å². The molecule has 1 fully saturated rings. The van der Waals surface area contributed by atoms with E-state index in [1.807, 2.05) is 99.0 Å². The second-order valence-electron chi connectivity index (χ2n) is 12.9. The number of piperidine rings is 1. The van der Waals surface area contributed by atoms with Gasteiger partial charge in [-0.25, -0.2) is 8.42 Å². The third-order valence-electron chi connectivity index (χ3n) is 9.79. The lowest BCUT2D eigenvalue weighted by Gasteiger charge is -2.31. The molecule has 7 rings (SSSR count). The van der Waals surface area contributed by atoms with E-state index in [1.165, 1.54) is 4.31 Å². The summed E-state index contributed by atoms with van der Waals surface area (Å²) >= 11 is 0. The van der Waals surface area contributed by atoms with E-state index in [2.05, 4.69) is 39.1 Å². The molecular formula is C41H42N5O4S+. The van der Waals surface area contributed by atoms with Crippen LogP contribution in [0.15, 0.2) is 131 Å². The SMILES string of the molecule is CN(c1ccccc1)c1ccc2c(-c3ccccc3S(=O)(=O)N3CCC(C(=O)NCCN)CC3)c3ccc(=[N+](C)c4ccccc4)cc-3oc2c1. The zero-order chi connectivity index (χ0) is 35.5. The number of hydrogen-bond acceptors (Lipinski definition) is 6. The zero-order valence-corrected chi connectivity index (χ0v) is 29.6. The monoisotopic (exact) mass is 700 g/mol. The number of carbonyl (C=O) groups excluding carboxylic acids is 1. The summed E-state index contributed by atoms with van der Waals surface area (Å²) in [6.45, 7) is 1.28. The van der Waals surface area contributed by atoms with Gasteiger partial charge in [-0.3, -0.25) is 4.79 Å². The normalized spacial score (nSPS) is 14.8. The number of para-hydroxylation sites is 2. The van der Waals surface area contributed by atoms with Crippen molar-refractivity contribution in [2.45, 2.75) is 17.7 Å². The number of hydrogen-bond donors (Lipinski definition) is 2. The molecule has 3 N–H and O–H groups in total. The Morgan fingerprint density at radius 2 is 1.55 bits per heavy atom. The lowest BCUT2D eigenvalue weighted by atomic mass is 9.93. The Balaban J connectivity index is 1.38. The van der Waals surface area contributed by atoms with Crippen LogP contribution < -0.4 is 25.9 Å². The Labute approximate surface area is 298 Å². The largest absolute Gasteiger partial charge is 0.456 e. The van der Waals surface area contributed by atoms with Crippen molar-refractivity contribution in [3.63, 3.8) is 0 Å². The highest BCUT2D eigenvalue weighted by Crippen LogP contribution is 2.44. The van der Waals surface area contributed by atoms with Crippen LogP contribution in [0.3, 0.4) is 0 Å². The molecule has 2 aliphatic heterocycles. The van der Waals surface area contributed by atoms with E-state index in [0.717, 1.165) is 38.9 Å². The van der Waals surface area contributed by atoms with Crippen molar-refractivity contribution in [2.24, 2.45) is 11.7 Å². The lowest BCUT2D eigenvalue weighted by molar-refractivity contribution is -0.126. The predicted molar refractivity (Wildman–Crippen MR) is 204 cm³/mol. The quantitative estimate of drug-likeness (QED) is 0.138. The highest BCUT2D eigenvalue weighted by molar-refractivity contribution is 7.89. The first kappa shape index (κ1) is 34.2. The number of nitrogens with one attached hydrogen (secondary N) is 1. The Bertz CT molecular complexity index is 2330. The number of sulfonamides is 1. The summed E-state index contributed by atoms with van der Waals surface area (Å²) in [4.78, 5) is 14.9. The molecule has 0 radical (unpaired) electrons. The Kier molecular flexibility index (Phi) is 9.73. The van der Waals surface area contributed by atoms with Gasteiger partial charge in [0.1, 0.15) is 18.4 Å². The van der Waals surface area contributed by atoms with Crippen LogP contribution >= 0.6 is 0 Å². The van der Waals surface area contributed by atoms with E-state index < -0.39 is 10.0 Å². The number of rotatable bonds is 9. The van der Waals surface area contributed by atoms with Crippen molar-refractivity contribution in [1.29, 1.82) is 0 Å². The number of carbonyl (C=O) groups is 1. The molecule has 3 aliphatic rings. The fraction of sp³-hybridized carbons (Fsp3) is 0.220. The average Bonchev–Trinajstić information content (AvgIpc) is 3.18. The molecule has 0 bridgehead atoms. The number of nitrogens with zero attached hydrogens (tertiary/aromatic N) is 3. The molecular weight excluding hydrogens is 659 g/mol. The summed E-state index contributed by atoms with van der Waals surface area (Å²) < 4.78 is 39.3. The van der Waals surface area contributed by atoms with E-state index in [0.29, 0.717) is 42.8 Å². The van der Waals surface area contributed by atoms with Gasteiger partial charge in [-0.15, -0.1) is 0 Å². The lowest BCUT2D eigenvalue weighted by Crippen LogP contribution is -2.43. The van der Waals surface area contributed by atoms with Crippen molar-refractivity contribution in [3.8, 4) is 22.5 Å². The van der Waals surface area contributed by atoms with Crippen LogP contribution in [0.5, 0.6) is 0 Å². The van der Waals surface area contributed by atoms with Crippen molar-refractivity contribution < 1.29 is 17.6 Å². The average molecular weight is 701 g/mol. The minimum Gasteiger partial charge on any atom is -0.456 e. The van der Waals surface area contributed by atoms with E-state index in [4.69, 9.17) is 10.2 Å². The third-order valence-corrected chi connectivity index (χ3v) is 11.7. The number of benzene rings is 5. The molecule has 0 saturated carbocycles. The maximum absolute atomic E-state index is 14.5. The minimum atomic E-state index is -3.92. The van der Waals surface area contributed by atoms with Gasteiger partial charge in [0.25, 0.3) is 0 Å². The van der Waals surface area contributed by atoms with Gasteiger partial charge in [-0.2, -0.15) is 8.88 Å². The van der Waals surface area contributed by atoms with Crippen molar-refractivity contribution in [2.75, 3.05) is 45.2 Å². The first-order chi connectivity index (χ1) is 24.8. The Hall–Kier alpha value is -5.29. The molecule has 0 spiro atoms. The summed E-state index contributed by atoms with van der Waals surface area (Å²) in [7, 11) is 0.0995. The Morgan fingerprint density at radius 3 is 2.27 bits per heavy atom. The summed E-state index contributed by atoms with van der Waals surface area (Å²) in [6.07, 6.45) is 0.895. The first-order valence-corrected chi connectivity index (χ1v) is 18.7. The molecule has 9 nitrogen and oxygen atoms in total. The predicted octanol–water partition coefficient (Wildman–Crippen LogP) is 6.18. The molecule has 4 aromatic rings. The van der Waals surface area contributed by atoms with Gasteiger partial charge in [-0.05, 0) is 49.2 Å². The number of nitrogens with two attached hydrogens (primary N) is 1. The highest BCUT2D eigenvalue weighted by Gasteiger charge is 2.34. The minimum absolute atomic E-state index is 0.0709. The smallest absolute Gasteiger partial charge is 0.243 e. The maximum Gasteiger partial charge on any atom is 0.243 e. The summed E-state index contributed by atoms with van der Waals surface area (Å²) in [5, 5.41) is 4.58. The highest BCUT2D eigenvalue weighted by atomic mass is 32.2. The molecule has 0 unspecified atom stereocenters. The molecule has 2 heterocycles. The van der Waals surface area contributed by atoms with Gasteiger partial charge < -0.3 is 20.4 Å². The first-order valence-electron chi connectivity index (χ1n) is 17.2. The molecule has 0 aromatic heterocycles. The van der Waals surface area contributed by atoms with Gasteiger partial charge in [0.2, 0.25) is 27.0 Å². The van der Waals surface area contributed by atoms with Gasteiger partial charge in [0.05, 0.1) is 11.0 Å². The topological polar surface area (TPSA) is 112 Å².